The first-order chi connectivity index (χ1) is 6.36. The highest BCUT2D eigenvalue weighted by molar-refractivity contribution is 7.99. The summed E-state index contributed by atoms with van der Waals surface area (Å²) in [5.74, 6) is 0. The molecular weight excluding hydrogens is 184 g/mol. The number of benzene rings is 1. The zero-order valence-corrected chi connectivity index (χ0v) is 8.98. The molecule has 13 heavy (non-hydrogen) atoms. The maximum Gasteiger partial charge on any atom is 0.0622 e. The van der Waals surface area contributed by atoms with E-state index in [1.165, 1.54) is 11.9 Å². The quantitative estimate of drug-likeness (QED) is 0.518. The molecule has 0 unspecified atom stereocenters. The largest absolute Gasteiger partial charge is 0.330 e. The van der Waals surface area contributed by atoms with Gasteiger partial charge in [-0.15, -0.1) is 0 Å². The second-order valence-electron chi connectivity index (χ2n) is 2.00. The second-order valence-corrected chi connectivity index (χ2v) is 2.61. The van der Waals surface area contributed by atoms with Crippen molar-refractivity contribution in [2.75, 3.05) is 16.5 Å². The van der Waals surface area contributed by atoms with Crippen molar-refractivity contribution in [1.29, 1.82) is 0 Å². The van der Waals surface area contributed by atoms with Gasteiger partial charge in [0.1, 0.15) is 0 Å². The second kappa shape index (κ2) is 7.76. The van der Waals surface area contributed by atoms with E-state index in [-0.39, 0.29) is 0 Å². The minimum absolute atomic E-state index is 0.684. The molecule has 0 radical (unpaired) electrons. The third kappa shape index (κ3) is 4.65. The van der Waals surface area contributed by atoms with Crippen LogP contribution >= 0.6 is 11.9 Å². The average Bonchev–Trinajstić information content (AvgIpc) is 2.22. The van der Waals surface area contributed by atoms with Gasteiger partial charge in [0.25, 0.3) is 0 Å². The van der Waals surface area contributed by atoms with Crippen molar-refractivity contribution in [1.82, 2.24) is 0 Å². The maximum atomic E-state index is 8.55. The van der Waals surface area contributed by atoms with E-state index in [9.17, 15) is 0 Å². The Kier molecular flexibility index (Phi) is 7.24. The lowest BCUT2D eigenvalue weighted by molar-refractivity contribution is 0.389. The molecule has 1 rings (SSSR count). The molecule has 1 aromatic carbocycles. The van der Waals surface area contributed by atoms with Crippen molar-refractivity contribution in [3.63, 3.8) is 0 Å². The summed E-state index contributed by atoms with van der Waals surface area (Å²) >= 11 is 1.51. The predicted octanol–water partition coefficient (Wildman–Crippen LogP) is 3.20. The van der Waals surface area contributed by atoms with Crippen LogP contribution in [0.4, 0.5) is 11.4 Å². The highest BCUT2D eigenvalue weighted by Crippen LogP contribution is 2.16. The van der Waals surface area contributed by atoms with Crippen molar-refractivity contribution >= 4 is 23.3 Å². The summed E-state index contributed by atoms with van der Waals surface area (Å²) in [5, 5.41) is 8.55. The van der Waals surface area contributed by atoms with Crippen LogP contribution < -0.4 is 10.2 Å². The fraction of sp³-hybridized carbons (Fsp3) is 0.333. The minimum atomic E-state index is 0.684. The number of hydrogen-bond acceptors (Lipinski definition) is 4. The van der Waals surface area contributed by atoms with E-state index in [1.54, 1.807) is 6.07 Å². The topological polar surface area (TPSA) is 44.3 Å². The SMILES string of the molecule is CC.CSNc1cccc(NO)c1. The fourth-order valence-corrected chi connectivity index (χ4v) is 1.13. The van der Waals surface area contributed by atoms with Gasteiger partial charge in [-0.3, -0.25) is 10.7 Å². The Hall–Kier alpha value is -0.870. The summed E-state index contributed by atoms with van der Waals surface area (Å²) in [7, 11) is 0. The zero-order valence-electron chi connectivity index (χ0n) is 8.16. The van der Waals surface area contributed by atoms with Gasteiger partial charge in [0, 0.05) is 11.9 Å². The van der Waals surface area contributed by atoms with E-state index in [0.29, 0.717) is 5.69 Å². The molecule has 4 heteroatoms. The predicted molar refractivity (Wildman–Crippen MR) is 60.3 cm³/mol. The first kappa shape index (κ1) is 12.1. The molecule has 0 atom stereocenters. The number of anilines is 2. The molecule has 0 fully saturated rings. The van der Waals surface area contributed by atoms with E-state index >= 15 is 0 Å². The molecular formula is C9H16N2OS. The zero-order chi connectivity index (χ0) is 10.1. The van der Waals surface area contributed by atoms with E-state index < -0.39 is 0 Å². The molecule has 0 heterocycles. The summed E-state index contributed by atoms with van der Waals surface area (Å²) in [5.41, 5.74) is 3.73. The Bertz CT molecular complexity index is 231. The van der Waals surface area contributed by atoms with Gasteiger partial charge >= 0.3 is 0 Å². The summed E-state index contributed by atoms with van der Waals surface area (Å²) < 4.78 is 3.05. The molecule has 0 amide bonds. The van der Waals surface area contributed by atoms with Crippen LogP contribution in [0.5, 0.6) is 0 Å². The summed E-state index contributed by atoms with van der Waals surface area (Å²) in [6.45, 7) is 4.00. The third-order valence-corrected chi connectivity index (χ3v) is 1.65. The van der Waals surface area contributed by atoms with Crippen molar-refractivity contribution in [2.24, 2.45) is 0 Å². The van der Waals surface area contributed by atoms with Crippen LogP contribution in [0.2, 0.25) is 0 Å². The number of rotatable bonds is 3. The third-order valence-electron chi connectivity index (χ3n) is 1.21. The molecule has 0 aliphatic heterocycles. The van der Waals surface area contributed by atoms with Crippen molar-refractivity contribution in [3.05, 3.63) is 24.3 Å². The molecule has 0 spiro atoms. The molecule has 0 bridgehead atoms. The van der Waals surface area contributed by atoms with Crippen LogP contribution in [0, 0.1) is 0 Å². The molecule has 0 aliphatic carbocycles. The van der Waals surface area contributed by atoms with E-state index in [1.807, 2.05) is 38.3 Å². The van der Waals surface area contributed by atoms with Crippen molar-refractivity contribution in [2.45, 2.75) is 13.8 Å². The monoisotopic (exact) mass is 200 g/mol. The normalized spacial score (nSPS) is 8.31. The van der Waals surface area contributed by atoms with Crippen LogP contribution in [0.15, 0.2) is 24.3 Å². The lowest BCUT2D eigenvalue weighted by Gasteiger charge is -2.03. The standard InChI is InChI=1S/C7H10N2OS.C2H6/c1-11-9-7-4-2-3-6(5-7)8-10;1-2/h2-5,8-10H,1H3;1-2H3. The Morgan fingerprint density at radius 3 is 2.38 bits per heavy atom. The number of hydrogen-bond donors (Lipinski definition) is 3. The summed E-state index contributed by atoms with van der Waals surface area (Å²) in [6.07, 6.45) is 1.94. The lowest BCUT2D eigenvalue weighted by atomic mass is 10.3. The summed E-state index contributed by atoms with van der Waals surface area (Å²) in [4.78, 5) is 0. The fourth-order valence-electron chi connectivity index (χ4n) is 0.770. The van der Waals surface area contributed by atoms with Crippen molar-refractivity contribution in [3.8, 4) is 0 Å². The Labute approximate surface area is 83.6 Å². The van der Waals surface area contributed by atoms with Crippen LogP contribution in [0.1, 0.15) is 13.8 Å². The van der Waals surface area contributed by atoms with Gasteiger partial charge in [0.15, 0.2) is 0 Å². The Morgan fingerprint density at radius 1 is 1.23 bits per heavy atom. The van der Waals surface area contributed by atoms with Crippen LogP contribution in [0.25, 0.3) is 0 Å². The highest BCUT2D eigenvalue weighted by Gasteiger charge is 1.91. The van der Waals surface area contributed by atoms with E-state index in [2.05, 4.69) is 10.2 Å². The van der Waals surface area contributed by atoms with Crippen LogP contribution in [-0.2, 0) is 0 Å². The smallest absolute Gasteiger partial charge is 0.0622 e. The van der Waals surface area contributed by atoms with Crippen molar-refractivity contribution < 1.29 is 5.21 Å². The highest BCUT2D eigenvalue weighted by atomic mass is 32.2. The summed E-state index contributed by atoms with van der Waals surface area (Å²) in [6, 6.07) is 7.39. The molecule has 0 aromatic heterocycles. The number of nitrogens with one attached hydrogen (secondary N) is 2. The van der Waals surface area contributed by atoms with Gasteiger partial charge in [-0.1, -0.05) is 31.9 Å². The van der Waals surface area contributed by atoms with Gasteiger partial charge < -0.3 is 4.72 Å². The maximum absolute atomic E-state index is 8.55. The lowest BCUT2D eigenvalue weighted by Crippen LogP contribution is -1.90. The van der Waals surface area contributed by atoms with E-state index in [4.69, 9.17) is 5.21 Å². The molecule has 0 saturated heterocycles. The molecule has 1 aromatic rings. The average molecular weight is 200 g/mol. The molecule has 3 N–H and O–H groups in total. The van der Waals surface area contributed by atoms with Crippen LogP contribution in [-0.4, -0.2) is 11.5 Å². The first-order valence-corrected chi connectivity index (χ1v) is 5.38. The van der Waals surface area contributed by atoms with Gasteiger partial charge in [-0.05, 0) is 18.2 Å². The molecule has 0 aliphatic rings. The van der Waals surface area contributed by atoms with Gasteiger partial charge in [0.05, 0.1) is 5.69 Å². The van der Waals surface area contributed by atoms with Gasteiger partial charge in [0.2, 0.25) is 0 Å². The minimum Gasteiger partial charge on any atom is -0.330 e. The van der Waals surface area contributed by atoms with Crippen LogP contribution in [0.3, 0.4) is 0 Å². The first-order valence-electron chi connectivity index (χ1n) is 4.16. The van der Waals surface area contributed by atoms with E-state index in [0.717, 1.165) is 5.69 Å². The Morgan fingerprint density at radius 2 is 1.85 bits per heavy atom. The Balaban J connectivity index is 0.000000671. The van der Waals surface area contributed by atoms with Gasteiger partial charge in [-0.25, -0.2) is 0 Å². The molecule has 74 valence electrons. The van der Waals surface area contributed by atoms with Gasteiger partial charge in [-0.2, -0.15) is 0 Å². The molecule has 0 saturated carbocycles. The molecule has 3 nitrogen and oxygen atoms in total.